The van der Waals surface area contributed by atoms with Crippen molar-refractivity contribution in [3.05, 3.63) is 35.4 Å². The molecule has 2 atom stereocenters. The van der Waals surface area contributed by atoms with E-state index in [0.717, 1.165) is 18.4 Å². The Morgan fingerprint density at radius 3 is 1.85 bits per heavy atom. The van der Waals surface area contributed by atoms with Gasteiger partial charge in [0.25, 0.3) is 0 Å². The van der Waals surface area contributed by atoms with Gasteiger partial charge in [-0.3, -0.25) is 4.79 Å². The van der Waals surface area contributed by atoms with Crippen LogP contribution in [0.25, 0.3) is 0 Å². The van der Waals surface area contributed by atoms with E-state index in [1.807, 2.05) is 31.2 Å². The molecule has 3 nitrogen and oxygen atoms in total. The predicted octanol–water partition coefficient (Wildman–Crippen LogP) is 3.85. The van der Waals surface area contributed by atoms with Gasteiger partial charge >= 0.3 is 5.97 Å². The third-order valence-corrected chi connectivity index (χ3v) is 3.08. The zero-order chi connectivity index (χ0) is 15.7. The van der Waals surface area contributed by atoms with Crippen LogP contribution >= 0.6 is 0 Å². The van der Waals surface area contributed by atoms with Gasteiger partial charge in [-0.05, 0) is 43.7 Å². The zero-order valence-electron chi connectivity index (χ0n) is 13.3. The van der Waals surface area contributed by atoms with Gasteiger partial charge in [0.1, 0.15) is 0 Å². The van der Waals surface area contributed by atoms with E-state index in [-0.39, 0.29) is 6.10 Å². The summed E-state index contributed by atoms with van der Waals surface area (Å²) in [5.41, 5.74) is 2.14. The average Bonchev–Trinajstić information content (AvgIpc) is 2.38. The van der Waals surface area contributed by atoms with Gasteiger partial charge in [-0.1, -0.05) is 45.0 Å². The molecule has 0 heterocycles. The second kappa shape index (κ2) is 9.54. The highest BCUT2D eigenvalue weighted by molar-refractivity contribution is 5.75. The summed E-state index contributed by atoms with van der Waals surface area (Å²) in [5, 5.41) is 17.2. The molecule has 0 aliphatic rings. The Hall–Kier alpha value is -1.35. The zero-order valence-corrected chi connectivity index (χ0v) is 13.3. The van der Waals surface area contributed by atoms with E-state index >= 15 is 0 Å². The second-order valence-corrected chi connectivity index (χ2v) is 5.66. The van der Waals surface area contributed by atoms with Crippen LogP contribution in [0.4, 0.5) is 0 Å². The molecule has 2 unspecified atom stereocenters. The minimum atomic E-state index is -0.772. The molecule has 20 heavy (non-hydrogen) atoms. The highest BCUT2D eigenvalue weighted by Gasteiger charge is 2.12. The number of hydrogen-bond donors (Lipinski definition) is 2. The molecule has 0 fully saturated rings. The van der Waals surface area contributed by atoms with Crippen LogP contribution in [0.1, 0.15) is 58.1 Å². The van der Waals surface area contributed by atoms with Crippen molar-refractivity contribution in [3.8, 4) is 0 Å². The van der Waals surface area contributed by atoms with E-state index in [1.165, 1.54) is 5.56 Å². The molecule has 0 saturated carbocycles. The van der Waals surface area contributed by atoms with E-state index < -0.39 is 11.9 Å². The fraction of sp³-hybridized carbons (Fsp3) is 0.588. The fourth-order valence-electron chi connectivity index (χ4n) is 1.56. The van der Waals surface area contributed by atoms with Gasteiger partial charge in [-0.15, -0.1) is 0 Å². The van der Waals surface area contributed by atoms with Crippen molar-refractivity contribution in [2.75, 3.05) is 0 Å². The highest BCUT2D eigenvalue weighted by Crippen LogP contribution is 2.17. The summed E-state index contributed by atoms with van der Waals surface area (Å²) in [7, 11) is 0. The van der Waals surface area contributed by atoms with Gasteiger partial charge in [0.2, 0.25) is 0 Å². The Morgan fingerprint density at radius 2 is 1.55 bits per heavy atom. The van der Waals surface area contributed by atoms with Crippen LogP contribution in [0.2, 0.25) is 0 Å². The van der Waals surface area contributed by atoms with Crippen LogP contribution in [0.15, 0.2) is 24.3 Å². The maximum atomic E-state index is 10.8. The maximum Gasteiger partial charge on any atom is 0.310 e. The van der Waals surface area contributed by atoms with Crippen molar-refractivity contribution >= 4 is 5.97 Å². The summed E-state index contributed by atoms with van der Waals surface area (Å²) < 4.78 is 0. The Morgan fingerprint density at radius 1 is 1.10 bits per heavy atom. The second-order valence-electron chi connectivity index (χ2n) is 5.66. The molecule has 3 heteroatoms. The predicted molar refractivity (Wildman–Crippen MR) is 83.0 cm³/mol. The lowest BCUT2D eigenvalue weighted by Crippen LogP contribution is -2.07. The third kappa shape index (κ3) is 7.95. The number of benzene rings is 1. The van der Waals surface area contributed by atoms with Gasteiger partial charge < -0.3 is 10.2 Å². The Balaban J connectivity index is 0.000000621. The number of carboxylic acids is 1. The first-order chi connectivity index (χ1) is 9.27. The molecule has 0 spiro atoms. The molecular weight excluding hydrogens is 252 g/mol. The molecule has 0 bridgehead atoms. The van der Waals surface area contributed by atoms with Gasteiger partial charge in [-0.2, -0.15) is 0 Å². The topological polar surface area (TPSA) is 57.5 Å². The molecule has 0 aromatic heterocycles. The maximum absolute atomic E-state index is 10.8. The minimum Gasteiger partial charge on any atom is -0.481 e. The lowest BCUT2D eigenvalue weighted by Gasteiger charge is -2.09. The van der Waals surface area contributed by atoms with Crippen LogP contribution in [0.5, 0.6) is 0 Å². The van der Waals surface area contributed by atoms with Crippen LogP contribution in [0, 0.1) is 5.92 Å². The number of aliphatic hydroxyl groups excluding tert-OH is 1. The SMILES string of the molecule is CC(C)Cc1ccc(C(C)C(=O)O)cc1.CCC(C)O. The van der Waals surface area contributed by atoms with E-state index in [0.29, 0.717) is 5.92 Å². The quantitative estimate of drug-likeness (QED) is 0.861. The summed E-state index contributed by atoms with van der Waals surface area (Å²) in [6.07, 6.45) is 1.79. The molecule has 0 aliphatic heterocycles. The molecule has 1 aromatic rings. The summed E-state index contributed by atoms with van der Waals surface area (Å²) in [5.74, 6) is -0.558. The van der Waals surface area contributed by atoms with E-state index in [9.17, 15) is 4.79 Å². The molecule has 2 N–H and O–H groups in total. The van der Waals surface area contributed by atoms with Crippen LogP contribution in [-0.4, -0.2) is 22.3 Å². The summed E-state index contributed by atoms with van der Waals surface area (Å²) in [6.45, 7) is 9.78. The lowest BCUT2D eigenvalue weighted by atomic mass is 9.97. The average molecular weight is 280 g/mol. The van der Waals surface area contributed by atoms with Gasteiger partial charge in [0.15, 0.2) is 0 Å². The van der Waals surface area contributed by atoms with E-state index in [4.69, 9.17) is 10.2 Å². The highest BCUT2D eigenvalue weighted by atomic mass is 16.4. The standard InChI is InChI=1S/C13H18O2.C4H10O/c1-9(2)8-11-4-6-12(7-5-11)10(3)13(14)15;1-3-4(2)5/h4-7,9-10H,8H2,1-3H3,(H,14,15);4-5H,3H2,1-2H3. The minimum absolute atomic E-state index is 0.116. The molecule has 1 aromatic carbocycles. The van der Waals surface area contributed by atoms with Gasteiger partial charge in [-0.25, -0.2) is 0 Å². The molecule has 0 amide bonds. The van der Waals surface area contributed by atoms with Crippen molar-refractivity contribution in [3.63, 3.8) is 0 Å². The van der Waals surface area contributed by atoms with Crippen molar-refractivity contribution in [1.82, 2.24) is 0 Å². The van der Waals surface area contributed by atoms with E-state index in [1.54, 1.807) is 13.8 Å². The summed E-state index contributed by atoms with van der Waals surface area (Å²) in [4.78, 5) is 10.8. The number of rotatable bonds is 5. The Kier molecular flexibility index (Phi) is 8.89. The van der Waals surface area contributed by atoms with Crippen LogP contribution in [-0.2, 0) is 11.2 Å². The number of aliphatic carboxylic acids is 1. The molecule has 114 valence electrons. The van der Waals surface area contributed by atoms with Gasteiger partial charge in [0, 0.05) is 0 Å². The molecular formula is C17H28O3. The monoisotopic (exact) mass is 280 g/mol. The first-order valence-electron chi connectivity index (χ1n) is 7.27. The Labute approximate surface area is 122 Å². The number of hydrogen-bond acceptors (Lipinski definition) is 2. The van der Waals surface area contributed by atoms with Crippen molar-refractivity contribution in [2.24, 2.45) is 5.92 Å². The first-order valence-corrected chi connectivity index (χ1v) is 7.27. The normalized spacial score (nSPS) is 13.3. The summed E-state index contributed by atoms with van der Waals surface area (Å²) in [6, 6.07) is 7.87. The molecule has 0 aliphatic carbocycles. The largest absolute Gasteiger partial charge is 0.481 e. The fourth-order valence-corrected chi connectivity index (χ4v) is 1.56. The smallest absolute Gasteiger partial charge is 0.310 e. The van der Waals surface area contributed by atoms with Crippen molar-refractivity contribution in [1.29, 1.82) is 0 Å². The first kappa shape index (κ1) is 18.7. The van der Waals surface area contributed by atoms with Gasteiger partial charge in [0.05, 0.1) is 12.0 Å². The number of carboxylic acid groups (broad SMARTS) is 1. The number of carbonyl (C=O) groups is 1. The summed E-state index contributed by atoms with van der Waals surface area (Å²) >= 11 is 0. The van der Waals surface area contributed by atoms with Crippen LogP contribution < -0.4 is 0 Å². The molecule has 0 saturated heterocycles. The molecule has 0 radical (unpaired) electrons. The number of aliphatic hydroxyl groups is 1. The Bertz CT molecular complexity index is 380. The van der Waals surface area contributed by atoms with Crippen molar-refractivity contribution < 1.29 is 15.0 Å². The third-order valence-electron chi connectivity index (χ3n) is 3.08. The lowest BCUT2D eigenvalue weighted by molar-refractivity contribution is -0.138. The van der Waals surface area contributed by atoms with Crippen LogP contribution in [0.3, 0.4) is 0 Å². The molecule has 1 rings (SSSR count). The van der Waals surface area contributed by atoms with E-state index in [2.05, 4.69) is 13.8 Å². The van der Waals surface area contributed by atoms with Crippen molar-refractivity contribution in [2.45, 2.75) is 59.5 Å².